The van der Waals surface area contributed by atoms with Crippen LogP contribution >= 0.6 is 0 Å². The quantitative estimate of drug-likeness (QED) is 0.170. The van der Waals surface area contributed by atoms with Gasteiger partial charge in [-0.15, -0.1) is 0 Å². The minimum absolute atomic E-state index is 1.14. The first-order valence-electron chi connectivity index (χ1n) is 8.55. The van der Waals surface area contributed by atoms with E-state index < -0.39 is 72.7 Å². The van der Waals surface area contributed by atoms with Gasteiger partial charge in [0.1, 0.15) is 0 Å². The van der Waals surface area contributed by atoms with E-state index in [4.69, 9.17) is 40.9 Å². The van der Waals surface area contributed by atoms with Gasteiger partial charge in [0, 0.05) is 0 Å². The Morgan fingerprint density at radius 3 is 0.871 bits per heavy atom. The van der Waals surface area contributed by atoms with Crippen molar-refractivity contribution in [2.24, 2.45) is 0 Å². The lowest BCUT2D eigenvalue weighted by molar-refractivity contribution is -0.170. The van der Waals surface area contributed by atoms with Gasteiger partial charge < -0.3 is 46.2 Å². The molecule has 0 unspecified atom stereocenters. The first kappa shape index (κ1) is 29.9. The molecule has 1 heterocycles. The largest absolute Gasteiger partial charge is 0.481 e. The Labute approximate surface area is 174 Å². The van der Waals surface area contributed by atoms with Crippen molar-refractivity contribution < 1.29 is 69.6 Å². The van der Waals surface area contributed by atoms with Gasteiger partial charge in [-0.05, 0) is 25.9 Å². The zero-order valence-electron chi connectivity index (χ0n) is 16.2. The number of hydrogen-bond donors (Lipinski definition) is 9. The molecule has 0 saturated carbocycles. The van der Waals surface area contributed by atoms with Crippen LogP contribution in [-0.2, 0) is 28.8 Å². The van der Waals surface area contributed by atoms with E-state index in [1.165, 1.54) is 25.9 Å². The molecule has 1 saturated heterocycles. The zero-order chi connectivity index (χ0) is 24.8. The summed E-state index contributed by atoms with van der Waals surface area (Å²) in [7, 11) is 0. The van der Waals surface area contributed by atoms with Crippen LogP contribution in [0.15, 0.2) is 0 Å². The van der Waals surface area contributed by atoms with Gasteiger partial charge in [0.2, 0.25) is 0 Å². The lowest BCUT2D eigenvalue weighted by Crippen LogP contribution is -2.42. The third kappa shape index (κ3) is 14.3. The molecule has 0 aliphatic carbocycles. The van der Waals surface area contributed by atoms with Crippen molar-refractivity contribution in [3.05, 3.63) is 0 Å². The number of nitrogens with one attached hydrogen (secondary N) is 1. The van der Waals surface area contributed by atoms with E-state index in [2.05, 4.69) is 5.32 Å². The van der Waals surface area contributed by atoms with E-state index in [1.807, 2.05) is 0 Å². The van der Waals surface area contributed by atoms with Crippen LogP contribution < -0.4 is 5.32 Å². The number of carbonyl (C=O) groups is 6. The predicted octanol–water partition coefficient (Wildman–Crippen LogP) is -2.13. The lowest BCUT2D eigenvalue weighted by atomic mass is 9.96. The highest BCUT2D eigenvalue weighted by Gasteiger charge is 2.41. The molecule has 0 aromatic heterocycles. The van der Waals surface area contributed by atoms with Gasteiger partial charge in [-0.1, -0.05) is 0 Å². The van der Waals surface area contributed by atoms with E-state index in [-0.39, 0.29) is 0 Å². The Bertz CT molecular complexity index is 578. The van der Waals surface area contributed by atoms with Crippen LogP contribution in [0.4, 0.5) is 0 Å². The molecule has 178 valence electrons. The lowest BCUT2D eigenvalue weighted by Gasteiger charge is -2.18. The van der Waals surface area contributed by atoms with Crippen LogP contribution in [0, 0.1) is 0 Å². The number of aliphatic carboxylic acids is 6. The highest BCUT2D eigenvalue weighted by atomic mass is 16.4. The Morgan fingerprint density at radius 2 is 0.774 bits per heavy atom. The van der Waals surface area contributed by atoms with Crippen molar-refractivity contribution in [2.45, 2.75) is 49.7 Å². The molecule has 0 spiro atoms. The summed E-state index contributed by atoms with van der Waals surface area (Å²) in [4.78, 5) is 61.0. The third-order valence-corrected chi connectivity index (χ3v) is 3.53. The summed E-state index contributed by atoms with van der Waals surface area (Å²) in [6.07, 6.45) is -1.80. The molecule has 15 nitrogen and oxygen atoms in total. The van der Waals surface area contributed by atoms with Gasteiger partial charge in [0.05, 0.1) is 25.7 Å². The van der Waals surface area contributed by atoms with Crippen LogP contribution in [-0.4, -0.2) is 101 Å². The van der Waals surface area contributed by atoms with Crippen LogP contribution in [0.25, 0.3) is 0 Å². The minimum atomic E-state index is -2.74. The maximum atomic E-state index is 10.3. The maximum Gasteiger partial charge on any atom is 0.336 e. The van der Waals surface area contributed by atoms with E-state index in [1.54, 1.807) is 0 Å². The van der Waals surface area contributed by atoms with Crippen molar-refractivity contribution in [1.82, 2.24) is 5.32 Å². The molecule has 1 aliphatic rings. The number of carboxylic acid groups (broad SMARTS) is 6. The van der Waals surface area contributed by atoms with Crippen molar-refractivity contribution in [1.29, 1.82) is 0 Å². The molecule has 0 atom stereocenters. The van der Waals surface area contributed by atoms with Crippen LogP contribution in [0.1, 0.15) is 38.5 Å². The summed E-state index contributed by atoms with van der Waals surface area (Å²) in [6.45, 7) is 2.50. The van der Waals surface area contributed by atoms with Crippen LogP contribution in [0.5, 0.6) is 0 Å². The topological polar surface area (TPSA) is 276 Å². The molecule has 15 heteroatoms. The number of hydrogen-bond acceptors (Lipinski definition) is 9. The van der Waals surface area contributed by atoms with Gasteiger partial charge in [0.25, 0.3) is 0 Å². The summed E-state index contributed by atoms with van der Waals surface area (Å²) in [5.74, 6) is -10.0. The molecule has 9 N–H and O–H groups in total. The summed E-state index contributed by atoms with van der Waals surface area (Å²) in [5, 5.41) is 70.8. The summed E-state index contributed by atoms with van der Waals surface area (Å²) in [5.41, 5.74) is -5.48. The monoisotopic (exact) mass is 455 g/mol. The van der Waals surface area contributed by atoms with E-state index in [9.17, 15) is 28.8 Å². The molecular formula is C16H25NO14. The molecule has 1 aliphatic heterocycles. The second-order valence-electron chi connectivity index (χ2n) is 6.41. The third-order valence-electron chi connectivity index (χ3n) is 3.53. The first-order valence-corrected chi connectivity index (χ1v) is 8.55. The summed E-state index contributed by atoms with van der Waals surface area (Å²) < 4.78 is 0. The molecule has 1 rings (SSSR count). The molecule has 0 amide bonds. The van der Waals surface area contributed by atoms with Gasteiger partial charge in [-0.2, -0.15) is 0 Å². The van der Waals surface area contributed by atoms with Crippen LogP contribution in [0.2, 0.25) is 0 Å². The normalized spacial score (nSPS) is 13.0. The second kappa shape index (κ2) is 13.8. The van der Waals surface area contributed by atoms with Crippen molar-refractivity contribution in [2.75, 3.05) is 13.1 Å². The van der Waals surface area contributed by atoms with E-state index in [0.717, 1.165) is 0 Å². The molecule has 1 fully saturated rings. The second-order valence-corrected chi connectivity index (χ2v) is 6.41. The number of rotatable bonds is 10. The molecule has 0 aromatic rings. The molecule has 31 heavy (non-hydrogen) atoms. The summed E-state index contributed by atoms with van der Waals surface area (Å²) >= 11 is 0. The maximum absolute atomic E-state index is 10.3. The Hall–Kier alpha value is -3.30. The zero-order valence-corrected chi connectivity index (χ0v) is 16.2. The van der Waals surface area contributed by atoms with Crippen molar-refractivity contribution in [3.63, 3.8) is 0 Å². The highest BCUT2D eigenvalue weighted by molar-refractivity contribution is 5.88. The fourth-order valence-electron chi connectivity index (χ4n) is 2.05. The minimum Gasteiger partial charge on any atom is -0.481 e. The molecule has 0 aromatic carbocycles. The van der Waals surface area contributed by atoms with Crippen LogP contribution in [0.3, 0.4) is 0 Å². The SMILES string of the molecule is C1CCNC1.O=C(O)CC(O)(CC(=O)O)C(=O)O.O=C(O)CC(O)(CC(=O)O)C(=O)O. The first-order chi connectivity index (χ1) is 14.1. The molecule has 0 radical (unpaired) electrons. The fraction of sp³-hybridized carbons (Fsp3) is 0.625. The average Bonchev–Trinajstić information content (AvgIpc) is 3.11. The smallest absolute Gasteiger partial charge is 0.336 e. The van der Waals surface area contributed by atoms with Gasteiger partial charge in [-0.25, -0.2) is 9.59 Å². The van der Waals surface area contributed by atoms with Crippen molar-refractivity contribution >= 4 is 35.8 Å². The summed E-state index contributed by atoms with van der Waals surface area (Å²) in [6, 6.07) is 0. The Kier molecular flexibility index (Phi) is 13.3. The molecular weight excluding hydrogens is 430 g/mol. The average molecular weight is 455 g/mol. The van der Waals surface area contributed by atoms with E-state index in [0.29, 0.717) is 0 Å². The predicted molar refractivity (Wildman–Crippen MR) is 96.3 cm³/mol. The Morgan fingerprint density at radius 1 is 0.548 bits per heavy atom. The van der Waals surface area contributed by atoms with Gasteiger partial charge in [0.15, 0.2) is 11.2 Å². The van der Waals surface area contributed by atoms with Gasteiger partial charge >= 0.3 is 35.8 Å². The number of aliphatic hydroxyl groups is 2. The number of carboxylic acids is 6. The Balaban J connectivity index is 0. The molecule has 0 bridgehead atoms. The standard InChI is InChI=1S/2C6H8O7.C4H9N/c2*7-3(8)1-6(13,5(11)12)2-4(9)10;1-2-4-5-3-1/h2*13H,1-2H2,(H,7,8)(H,9,10)(H,11,12);5H,1-4H2. The highest BCUT2D eigenvalue weighted by Crippen LogP contribution is 2.16. The van der Waals surface area contributed by atoms with Crippen molar-refractivity contribution in [3.8, 4) is 0 Å². The van der Waals surface area contributed by atoms with E-state index >= 15 is 0 Å². The van der Waals surface area contributed by atoms with Gasteiger partial charge in [-0.3, -0.25) is 19.2 Å². The fourth-order valence-corrected chi connectivity index (χ4v) is 2.05.